The Hall–Kier alpha value is -0.910. The number of benzene rings is 1. The molecule has 0 aliphatic heterocycles. The molecule has 0 saturated carbocycles. The number of aryl methyl sites for hydroxylation is 2. The van der Waals surface area contributed by atoms with E-state index in [1.807, 2.05) is 32.9 Å². The van der Waals surface area contributed by atoms with Crippen LogP contribution in [0.1, 0.15) is 24.5 Å². The second kappa shape index (κ2) is 6.87. The van der Waals surface area contributed by atoms with Gasteiger partial charge in [-0.05, 0) is 38.8 Å². The number of rotatable bonds is 7. The van der Waals surface area contributed by atoms with Gasteiger partial charge in [-0.15, -0.1) is 0 Å². The Morgan fingerprint density at radius 2 is 2.00 bits per heavy atom. The lowest BCUT2D eigenvalue weighted by Gasteiger charge is -2.09. The fraction of sp³-hybridized carbons (Fsp3) is 0.538. The molecule has 1 aromatic rings. The summed E-state index contributed by atoms with van der Waals surface area (Å²) >= 11 is 0. The standard InChI is InChI=1S/C13H21NO3S/c1-4-17-9-5-8-14-18(15,16)13-7-6-11(2)10-12(13)3/h6-7,10,14H,4-5,8-9H2,1-3H3. The van der Waals surface area contributed by atoms with Gasteiger partial charge in [-0.25, -0.2) is 13.1 Å². The number of hydrogen-bond donors (Lipinski definition) is 1. The summed E-state index contributed by atoms with van der Waals surface area (Å²) < 4.78 is 31.8. The maximum absolute atomic E-state index is 12.0. The van der Waals surface area contributed by atoms with Gasteiger partial charge in [0.1, 0.15) is 0 Å². The number of nitrogens with one attached hydrogen (secondary N) is 1. The molecule has 1 rings (SSSR count). The third-order valence-corrected chi connectivity index (χ3v) is 4.20. The highest BCUT2D eigenvalue weighted by atomic mass is 32.2. The van der Waals surface area contributed by atoms with E-state index in [0.29, 0.717) is 31.1 Å². The van der Waals surface area contributed by atoms with Crippen LogP contribution in [0.3, 0.4) is 0 Å². The molecule has 18 heavy (non-hydrogen) atoms. The first-order chi connectivity index (χ1) is 8.47. The maximum Gasteiger partial charge on any atom is 0.240 e. The van der Waals surface area contributed by atoms with Crippen LogP contribution in [0.5, 0.6) is 0 Å². The normalized spacial score (nSPS) is 11.7. The first-order valence-electron chi connectivity index (χ1n) is 6.12. The highest BCUT2D eigenvalue weighted by Crippen LogP contribution is 2.15. The molecule has 0 bridgehead atoms. The molecule has 0 unspecified atom stereocenters. The molecular formula is C13H21NO3S. The molecule has 4 nitrogen and oxygen atoms in total. The van der Waals surface area contributed by atoms with Crippen molar-refractivity contribution < 1.29 is 13.2 Å². The van der Waals surface area contributed by atoms with Crippen molar-refractivity contribution in [3.05, 3.63) is 29.3 Å². The molecule has 0 amide bonds. The van der Waals surface area contributed by atoms with Crippen LogP contribution in [0.15, 0.2) is 23.1 Å². The van der Waals surface area contributed by atoms with E-state index in [9.17, 15) is 8.42 Å². The third-order valence-electron chi connectivity index (χ3n) is 2.58. The lowest BCUT2D eigenvalue weighted by Crippen LogP contribution is -2.26. The van der Waals surface area contributed by atoms with Crippen molar-refractivity contribution in [3.8, 4) is 0 Å². The van der Waals surface area contributed by atoms with Gasteiger partial charge in [0, 0.05) is 19.8 Å². The molecule has 1 aromatic carbocycles. The van der Waals surface area contributed by atoms with Gasteiger partial charge in [-0.2, -0.15) is 0 Å². The fourth-order valence-corrected chi connectivity index (χ4v) is 3.00. The van der Waals surface area contributed by atoms with Crippen molar-refractivity contribution in [2.24, 2.45) is 0 Å². The fourth-order valence-electron chi connectivity index (χ4n) is 1.70. The summed E-state index contributed by atoms with van der Waals surface area (Å²) in [6.07, 6.45) is 0.679. The van der Waals surface area contributed by atoms with Crippen molar-refractivity contribution >= 4 is 10.0 Å². The largest absolute Gasteiger partial charge is 0.382 e. The summed E-state index contributed by atoms with van der Waals surface area (Å²) in [5.41, 5.74) is 1.83. The second-order valence-corrected chi connectivity index (χ2v) is 5.95. The van der Waals surface area contributed by atoms with Gasteiger partial charge in [0.2, 0.25) is 10.0 Å². The minimum absolute atomic E-state index is 0.351. The summed E-state index contributed by atoms with van der Waals surface area (Å²) in [6.45, 7) is 7.30. The minimum Gasteiger partial charge on any atom is -0.382 e. The van der Waals surface area contributed by atoms with Crippen LogP contribution in [0.4, 0.5) is 0 Å². The van der Waals surface area contributed by atoms with Gasteiger partial charge in [0.05, 0.1) is 4.90 Å². The topological polar surface area (TPSA) is 55.4 Å². The van der Waals surface area contributed by atoms with Gasteiger partial charge in [0.25, 0.3) is 0 Å². The lowest BCUT2D eigenvalue weighted by molar-refractivity contribution is 0.146. The predicted molar refractivity (Wildman–Crippen MR) is 72.2 cm³/mol. The number of sulfonamides is 1. The van der Waals surface area contributed by atoms with Crippen LogP contribution in [-0.4, -0.2) is 28.2 Å². The first-order valence-corrected chi connectivity index (χ1v) is 7.60. The third kappa shape index (κ3) is 4.40. The van der Waals surface area contributed by atoms with Crippen LogP contribution >= 0.6 is 0 Å². The molecule has 0 saturated heterocycles. The van der Waals surface area contributed by atoms with E-state index in [0.717, 1.165) is 11.1 Å². The molecule has 0 aromatic heterocycles. The molecule has 0 atom stereocenters. The van der Waals surface area contributed by atoms with Gasteiger partial charge >= 0.3 is 0 Å². The van der Waals surface area contributed by atoms with Gasteiger partial charge in [-0.1, -0.05) is 17.7 Å². The summed E-state index contributed by atoms with van der Waals surface area (Å²) in [4.78, 5) is 0.351. The predicted octanol–water partition coefficient (Wildman–Crippen LogP) is 2.01. The quantitative estimate of drug-likeness (QED) is 0.772. The molecular weight excluding hydrogens is 250 g/mol. The summed E-state index contributed by atoms with van der Waals surface area (Å²) in [5.74, 6) is 0. The van der Waals surface area contributed by atoms with E-state index in [1.54, 1.807) is 6.07 Å². The second-order valence-electron chi connectivity index (χ2n) is 4.22. The average Bonchev–Trinajstić information content (AvgIpc) is 2.28. The zero-order valence-corrected chi connectivity index (χ0v) is 12.0. The molecule has 1 N–H and O–H groups in total. The summed E-state index contributed by atoms with van der Waals surface area (Å²) in [6, 6.07) is 5.33. The Morgan fingerprint density at radius 3 is 2.61 bits per heavy atom. The zero-order chi connectivity index (χ0) is 13.6. The maximum atomic E-state index is 12.0. The van der Waals surface area contributed by atoms with Crippen molar-refractivity contribution in [3.63, 3.8) is 0 Å². The van der Waals surface area contributed by atoms with Crippen molar-refractivity contribution in [2.45, 2.75) is 32.1 Å². The molecule has 5 heteroatoms. The van der Waals surface area contributed by atoms with E-state index in [2.05, 4.69) is 4.72 Å². The first kappa shape index (κ1) is 15.1. The van der Waals surface area contributed by atoms with Crippen LogP contribution in [0, 0.1) is 13.8 Å². The Morgan fingerprint density at radius 1 is 1.28 bits per heavy atom. The molecule has 0 aliphatic rings. The summed E-state index contributed by atoms with van der Waals surface area (Å²) in [7, 11) is -3.40. The van der Waals surface area contributed by atoms with E-state index in [4.69, 9.17) is 4.74 Å². The molecule has 0 radical (unpaired) electrons. The van der Waals surface area contributed by atoms with E-state index >= 15 is 0 Å². The zero-order valence-electron chi connectivity index (χ0n) is 11.2. The van der Waals surface area contributed by atoms with E-state index in [-0.39, 0.29) is 0 Å². The Bertz CT molecular complexity index is 483. The van der Waals surface area contributed by atoms with Crippen LogP contribution in [0.25, 0.3) is 0 Å². The SMILES string of the molecule is CCOCCCNS(=O)(=O)c1ccc(C)cc1C. The van der Waals surface area contributed by atoms with Crippen molar-refractivity contribution in [2.75, 3.05) is 19.8 Å². The Labute approximate surface area is 109 Å². The van der Waals surface area contributed by atoms with Gasteiger partial charge in [-0.3, -0.25) is 0 Å². The van der Waals surface area contributed by atoms with Gasteiger partial charge in [0.15, 0.2) is 0 Å². The smallest absolute Gasteiger partial charge is 0.240 e. The number of hydrogen-bond acceptors (Lipinski definition) is 3. The van der Waals surface area contributed by atoms with E-state index < -0.39 is 10.0 Å². The number of ether oxygens (including phenoxy) is 1. The lowest BCUT2D eigenvalue weighted by atomic mass is 10.2. The molecule has 0 heterocycles. The van der Waals surface area contributed by atoms with Gasteiger partial charge < -0.3 is 4.74 Å². The highest BCUT2D eigenvalue weighted by Gasteiger charge is 2.15. The van der Waals surface area contributed by atoms with E-state index in [1.165, 1.54) is 0 Å². The summed E-state index contributed by atoms with van der Waals surface area (Å²) in [5, 5.41) is 0. The Balaban J connectivity index is 2.63. The minimum atomic E-state index is -3.40. The highest BCUT2D eigenvalue weighted by molar-refractivity contribution is 7.89. The van der Waals surface area contributed by atoms with Crippen molar-refractivity contribution in [1.82, 2.24) is 4.72 Å². The molecule has 0 fully saturated rings. The monoisotopic (exact) mass is 271 g/mol. The molecule has 0 aliphatic carbocycles. The van der Waals surface area contributed by atoms with Crippen LogP contribution < -0.4 is 4.72 Å². The van der Waals surface area contributed by atoms with Crippen LogP contribution in [-0.2, 0) is 14.8 Å². The van der Waals surface area contributed by atoms with Crippen molar-refractivity contribution in [1.29, 1.82) is 0 Å². The van der Waals surface area contributed by atoms with Crippen LogP contribution in [0.2, 0.25) is 0 Å². The molecule has 0 spiro atoms. The Kier molecular flexibility index (Phi) is 5.78. The average molecular weight is 271 g/mol. The molecule has 102 valence electrons.